The molecule has 0 fully saturated rings. The van der Waals surface area contributed by atoms with E-state index < -0.39 is 17.5 Å². The van der Waals surface area contributed by atoms with E-state index in [1.165, 1.54) is 0 Å². The van der Waals surface area contributed by atoms with Gasteiger partial charge in [-0.05, 0) is 27.6 Å². The molecular formula is C8H5BrF2N2O. The van der Waals surface area contributed by atoms with Crippen LogP contribution in [0, 0.1) is 11.3 Å². The summed E-state index contributed by atoms with van der Waals surface area (Å²) in [6.07, 6.45) is -2.86. The summed E-state index contributed by atoms with van der Waals surface area (Å²) >= 11 is 2.98. The molecule has 6 heteroatoms. The fourth-order valence-corrected chi connectivity index (χ4v) is 1.38. The smallest absolute Gasteiger partial charge is 0.269 e. The van der Waals surface area contributed by atoms with Gasteiger partial charge in [0.15, 0.2) is 0 Å². The fraction of sp³-hybridized carbons (Fsp3) is 0.250. The van der Waals surface area contributed by atoms with E-state index in [1.54, 1.807) is 0 Å². The van der Waals surface area contributed by atoms with Crippen LogP contribution in [0.1, 0.15) is 17.6 Å². The van der Waals surface area contributed by atoms with Crippen molar-refractivity contribution in [1.29, 1.82) is 5.26 Å². The number of aromatic amines is 1. The van der Waals surface area contributed by atoms with Crippen molar-refractivity contribution in [3.63, 3.8) is 0 Å². The molecule has 0 unspecified atom stereocenters. The fourth-order valence-electron chi connectivity index (χ4n) is 0.945. The van der Waals surface area contributed by atoms with Crippen molar-refractivity contribution in [2.75, 3.05) is 0 Å². The topological polar surface area (TPSA) is 56.6 Å². The number of nitrogens with one attached hydrogen (secondary N) is 1. The van der Waals surface area contributed by atoms with Gasteiger partial charge >= 0.3 is 0 Å². The second-order valence-electron chi connectivity index (χ2n) is 2.53. The monoisotopic (exact) mass is 262 g/mol. The highest BCUT2D eigenvalue weighted by molar-refractivity contribution is 9.10. The number of H-pyrrole nitrogens is 1. The van der Waals surface area contributed by atoms with Gasteiger partial charge in [-0.25, -0.2) is 8.78 Å². The van der Waals surface area contributed by atoms with Gasteiger partial charge in [0.1, 0.15) is 0 Å². The first-order valence-corrected chi connectivity index (χ1v) is 4.42. The first kappa shape index (κ1) is 10.9. The normalized spacial score (nSPS) is 10.2. The molecular weight excluding hydrogens is 258 g/mol. The van der Waals surface area contributed by atoms with Crippen LogP contribution in [0.3, 0.4) is 0 Å². The Hall–Kier alpha value is -1.22. The van der Waals surface area contributed by atoms with Crippen LogP contribution < -0.4 is 5.56 Å². The summed E-state index contributed by atoms with van der Waals surface area (Å²) in [7, 11) is 0. The molecule has 14 heavy (non-hydrogen) atoms. The van der Waals surface area contributed by atoms with E-state index in [4.69, 9.17) is 5.26 Å². The molecule has 0 saturated carbocycles. The number of nitrogens with zero attached hydrogens (tertiary/aromatic N) is 1. The van der Waals surface area contributed by atoms with Gasteiger partial charge in [-0.1, -0.05) is 0 Å². The summed E-state index contributed by atoms with van der Waals surface area (Å²) in [6.45, 7) is 0. The lowest BCUT2D eigenvalue weighted by Gasteiger charge is -2.03. The Kier molecular flexibility index (Phi) is 3.36. The molecule has 0 amide bonds. The van der Waals surface area contributed by atoms with Crippen molar-refractivity contribution in [3.8, 4) is 6.07 Å². The summed E-state index contributed by atoms with van der Waals surface area (Å²) in [4.78, 5) is 13.2. The van der Waals surface area contributed by atoms with Crippen LogP contribution in [0.4, 0.5) is 8.78 Å². The lowest BCUT2D eigenvalue weighted by molar-refractivity contribution is 0.149. The second-order valence-corrected chi connectivity index (χ2v) is 3.32. The Bertz CT molecular complexity index is 436. The van der Waals surface area contributed by atoms with Crippen LogP contribution in [0.2, 0.25) is 0 Å². The maximum absolute atomic E-state index is 12.3. The summed E-state index contributed by atoms with van der Waals surface area (Å²) < 4.78 is 24.8. The third-order valence-corrected chi connectivity index (χ3v) is 2.31. The van der Waals surface area contributed by atoms with Crippen LogP contribution >= 0.6 is 15.9 Å². The van der Waals surface area contributed by atoms with Gasteiger partial charge in [0.05, 0.1) is 22.7 Å². The minimum Gasteiger partial charge on any atom is -0.316 e. The van der Waals surface area contributed by atoms with Crippen LogP contribution in [-0.4, -0.2) is 4.98 Å². The summed E-state index contributed by atoms with van der Waals surface area (Å²) in [6, 6.07) is 2.85. The number of aromatic nitrogens is 1. The first-order chi connectivity index (χ1) is 6.56. The van der Waals surface area contributed by atoms with E-state index in [1.807, 2.05) is 6.07 Å². The van der Waals surface area contributed by atoms with Gasteiger partial charge in [-0.2, -0.15) is 5.26 Å². The van der Waals surface area contributed by atoms with E-state index in [2.05, 4.69) is 20.9 Å². The molecule has 0 radical (unpaired) electrons. The third-order valence-electron chi connectivity index (χ3n) is 1.60. The van der Waals surface area contributed by atoms with E-state index >= 15 is 0 Å². The minimum absolute atomic E-state index is 0.0307. The average Bonchev–Trinajstić information content (AvgIpc) is 2.09. The van der Waals surface area contributed by atoms with Crippen molar-refractivity contribution in [2.24, 2.45) is 0 Å². The van der Waals surface area contributed by atoms with Gasteiger partial charge in [0, 0.05) is 0 Å². The molecule has 1 aromatic heterocycles. The molecule has 0 bridgehead atoms. The molecule has 0 aliphatic rings. The van der Waals surface area contributed by atoms with Crippen molar-refractivity contribution in [1.82, 2.24) is 4.98 Å². The zero-order valence-corrected chi connectivity index (χ0v) is 8.44. The van der Waals surface area contributed by atoms with Gasteiger partial charge in [0.25, 0.3) is 12.0 Å². The van der Waals surface area contributed by atoms with Crippen LogP contribution in [0.15, 0.2) is 15.5 Å². The summed E-state index contributed by atoms with van der Waals surface area (Å²) in [5.74, 6) is 0. The highest BCUT2D eigenvalue weighted by atomic mass is 79.9. The Labute approximate surface area is 86.5 Å². The van der Waals surface area contributed by atoms with Crippen molar-refractivity contribution in [2.45, 2.75) is 12.8 Å². The maximum atomic E-state index is 12.3. The van der Waals surface area contributed by atoms with Gasteiger partial charge < -0.3 is 4.98 Å². The molecule has 1 N–H and O–H groups in total. The van der Waals surface area contributed by atoms with Crippen LogP contribution in [0.25, 0.3) is 0 Å². The van der Waals surface area contributed by atoms with Gasteiger partial charge in [-0.3, -0.25) is 4.79 Å². The predicted octanol–water partition coefficient (Wildman–Crippen LogP) is 2.14. The van der Waals surface area contributed by atoms with Gasteiger partial charge in [0.2, 0.25) is 0 Å². The van der Waals surface area contributed by atoms with Crippen LogP contribution in [-0.2, 0) is 6.42 Å². The average molecular weight is 263 g/mol. The highest BCUT2D eigenvalue weighted by Gasteiger charge is 2.14. The molecule has 0 aromatic carbocycles. The lowest BCUT2D eigenvalue weighted by atomic mass is 10.1. The van der Waals surface area contributed by atoms with E-state index in [0.717, 1.165) is 6.07 Å². The summed E-state index contributed by atoms with van der Waals surface area (Å²) in [5, 5.41) is 8.39. The quantitative estimate of drug-likeness (QED) is 0.831. The van der Waals surface area contributed by atoms with E-state index in [-0.39, 0.29) is 11.0 Å². The standard InChI is InChI=1S/C8H5BrF2N2O/c9-6-4(1-2-12)3-5(7(10)11)8(14)13-6/h3,7H,1H2,(H,13,14). The van der Waals surface area contributed by atoms with E-state index in [9.17, 15) is 13.6 Å². The van der Waals surface area contributed by atoms with Crippen molar-refractivity contribution >= 4 is 15.9 Å². The van der Waals surface area contributed by atoms with Crippen molar-refractivity contribution < 1.29 is 8.78 Å². The van der Waals surface area contributed by atoms with Crippen molar-refractivity contribution in [3.05, 3.63) is 32.2 Å². The number of hydrogen-bond acceptors (Lipinski definition) is 2. The Morgan fingerprint density at radius 2 is 2.29 bits per heavy atom. The largest absolute Gasteiger partial charge is 0.316 e. The molecule has 0 atom stereocenters. The third kappa shape index (κ3) is 2.17. The number of nitriles is 1. The van der Waals surface area contributed by atoms with Gasteiger partial charge in [-0.15, -0.1) is 0 Å². The first-order valence-electron chi connectivity index (χ1n) is 3.63. The number of pyridine rings is 1. The molecule has 0 saturated heterocycles. The molecule has 0 aliphatic carbocycles. The maximum Gasteiger partial charge on any atom is 0.269 e. The molecule has 3 nitrogen and oxygen atoms in total. The molecule has 0 aliphatic heterocycles. The Morgan fingerprint density at radius 1 is 1.64 bits per heavy atom. The minimum atomic E-state index is -2.83. The number of halogens is 3. The second kappa shape index (κ2) is 4.33. The number of hydrogen-bond donors (Lipinski definition) is 1. The zero-order chi connectivity index (χ0) is 10.7. The Morgan fingerprint density at radius 3 is 2.79 bits per heavy atom. The van der Waals surface area contributed by atoms with Crippen LogP contribution in [0.5, 0.6) is 0 Å². The molecule has 1 heterocycles. The molecule has 74 valence electrons. The number of alkyl halides is 2. The zero-order valence-electron chi connectivity index (χ0n) is 6.85. The van der Waals surface area contributed by atoms with E-state index in [0.29, 0.717) is 5.56 Å². The molecule has 0 spiro atoms. The Balaban J connectivity index is 3.29. The predicted molar refractivity (Wildman–Crippen MR) is 49.0 cm³/mol. The lowest BCUT2D eigenvalue weighted by Crippen LogP contribution is -2.14. The SMILES string of the molecule is N#CCc1cc(C(F)F)c(=O)[nH]c1Br. The molecule has 1 aromatic rings. The highest BCUT2D eigenvalue weighted by Crippen LogP contribution is 2.19. The molecule has 1 rings (SSSR count). The summed E-state index contributed by atoms with van der Waals surface area (Å²) in [5.41, 5.74) is -1.10. The number of rotatable bonds is 2.